The standard InChI is InChI=1S/C9H8N2O3S.Na/c10-7-3-4-8(15(12,13)14)6-2-1-5-11-9(6)7;/h1-5H,10H2,(H,12,13,14);/q;+1/p-1. The second kappa shape index (κ2) is 4.68. The fourth-order valence-electron chi connectivity index (χ4n) is 1.39. The Morgan fingerprint density at radius 2 is 1.94 bits per heavy atom. The number of fused-ring (bicyclic) bond motifs is 1. The van der Waals surface area contributed by atoms with E-state index >= 15 is 0 Å². The number of rotatable bonds is 1. The largest absolute Gasteiger partial charge is 1.00 e. The summed E-state index contributed by atoms with van der Waals surface area (Å²) in [5, 5.41) is 0.257. The molecule has 78 valence electrons. The van der Waals surface area contributed by atoms with Gasteiger partial charge in [0.15, 0.2) is 0 Å². The van der Waals surface area contributed by atoms with E-state index in [-0.39, 0.29) is 39.8 Å². The van der Waals surface area contributed by atoms with Crippen molar-refractivity contribution in [3.05, 3.63) is 30.5 Å². The maximum atomic E-state index is 10.9. The number of anilines is 1. The van der Waals surface area contributed by atoms with Crippen LogP contribution in [0.5, 0.6) is 0 Å². The van der Waals surface area contributed by atoms with E-state index in [0.717, 1.165) is 0 Å². The molecule has 0 aliphatic carbocycles. The van der Waals surface area contributed by atoms with Gasteiger partial charge < -0.3 is 10.3 Å². The molecule has 1 aromatic carbocycles. The molecule has 16 heavy (non-hydrogen) atoms. The Morgan fingerprint density at radius 1 is 1.25 bits per heavy atom. The number of hydrogen-bond acceptors (Lipinski definition) is 5. The average Bonchev–Trinajstić information content (AvgIpc) is 2.17. The predicted octanol–water partition coefficient (Wildman–Crippen LogP) is -2.27. The third kappa shape index (κ3) is 2.36. The summed E-state index contributed by atoms with van der Waals surface area (Å²) in [4.78, 5) is 3.63. The Labute approximate surface area is 115 Å². The fraction of sp³-hybridized carbons (Fsp3) is 0. The van der Waals surface area contributed by atoms with Crippen LogP contribution in [0.25, 0.3) is 10.9 Å². The van der Waals surface area contributed by atoms with Gasteiger partial charge in [-0.1, -0.05) is 0 Å². The van der Waals surface area contributed by atoms with Crippen molar-refractivity contribution in [3.8, 4) is 0 Å². The smallest absolute Gasteiger partial charge is 0.744 e. The van der Waals surface area contributed by atoms with Crippen LogP contribution in [0.15, 0.2) is 35.4 Å². The van der Waals surface area contributed by atoms with E-state index in [9.17, 15) is 13.0 Å². The summed E-state index contributed by atoms with van der Waals surface area (Å²) in [5.41, 5.74) is 6.28. The first-order valence-corrected chi connectivity index (χ1v) is 5.50. The Morgan fingerprint density at radius 3 is 2.56 bits per heavy atom. The first kappa shape index (κ1) is 13.4. The summed E-state index contributed by atoms with van der Waals surface area (Å²) in [7, 11) is -4.49. The summed E-state index contributed by atoms with van der Waals surface area (Å²) in [5.74, 6) is 0. The van der Waals surface area contributed by atoms with E-state index in [4.69, 9.17) is 5.73 Å². The number of benzene rings is 1. The summed E-state index contributed by atoms with van der Waals surface area (Å²) in [6.45, 7) is 0. The molecule has 0 spiro atoms. The molecule has 0 atom stereocenters. The molecule has 1 aromatic heterocycles. The van der Waals surface area contributed by atoms with Crippen molar-refractivity contribution in [2.24, 2.45) is 0 Å². The van der Waals surface area contributed by atoms with Gasteiger partial charge in [-0.05, 0) is 24.3 Å². The molecule has 0 aliphatic rings. The molecule has 5 nitrogen and oxygen atoms in total. The minimum absolute atomic E-state index is 0. The Kier molecular flexibility index (Phi) is 3.92. The topological polar surface area (TPSA) is 96.1 Å². The normalized spacial score (nSPS) is 11.1. The molecule has 0 saturated heterocycles. The summed E-state index contributed by atoms with van der Waals surface area (Å²) < 4.78 is 32.8. The van der Waals surface area contributed by atoms with Crippen LogP contribution in [0.2, 0.25) is 0 Å². The van der Waals surface area contributed by atoms with E-state index < -0.39 is 10.1 Å². The molecule has 0 bridgehead atoms. The van der Waals surface area contributed by atoms with Gasteiger partial charge in [0.05, 0.1) is 16.1 Å². The third-order valence-corrected chi connectivity index (χ3v) is 2.92. The van der Waals surface area contributed by atoms with E-state index in [1.54, 1.807) is 6.07 Å². The number of nitrogen functional groups attached to an aromatic ring is 1. The maximum Gasteiger partial charge on any atom is 1.00 e. The molecular formula is C9H7N2NaO3S. The number of nitrogens with two attached hydrogens (primary N) is 1. The minimum atomic E-state index is -4.49. The first-order valence-electron chi connectivity index (χ1n) is 4.09. The molecule has 0 unspecified atom stereocenters. The van der Waals surface area contributed by atoms with E-state index in [1.165, 1.54) is 24.4 Å². The molecule has 0 aliphatic heterocycles. The van der Waals surface area contributed by atoms with Crippen molar-refractivity contribution in [3.63, 3.8) is 0 Å². The van der Waals surface area contributed by atoms with Gasteiger partial charge in [0.25, 0.3) is 0 Å². The molecule has 0 fully saturated rings. The second-order valence-electron chi connectivity index (χ2n) is 3.01. The van der Waals surface area contributed by atoms with E-state index in [0.29, 0.717) is 11.2 Å². The minimum Gasteiger partial charge on any atom is -0.744 e. The molecule has 2 rings (SSSR count). The Balaban J connectivity index is 0.00000128. The Bertz CT molecular complexity index is 628. The van der Waals surface area contributed by atoms with Gasteiger partial charge >= 0.3 is 29.6 Å². The monoisotopic (exact) mass is 246 g/mol. The van der Waals surface area contributed by atoms with Gasteiger partial charge in [-0.15, -0.1) is 0 Å². The molecule has 0 amide bonds. The van der Waals surface area contributed by atoms with Gasteiger partial charge in [-0.3, -0.25) is 4.98 Å². The van der Waals surface area contributed by atoms with Crippen molar-refractivity contribution in [1.82, 2.24) is 4.98 Å². The van der Waals surface area contributed by atoms with Gasteiger partial charge in [0.2, 0.25) is 0 Å². The molecular weight excluding hydrogens is 239 g/mol. The molecule has 2 N–H and O–H groups in total. The second-order valence-corrected chi connectivity index (χ2v) is 4.35. The number of pyridine rings is 1. The van der Waals surface area contributed by atoms with Crippen LogP contribution in [-0.2, 0) is 10.1 Å². The van der Waals surface area contributed by atoms with E-state index in [1.807, 2.05) is 0 Å². The van der Waals surface area contributed by atoms with Crippen molar-refractivity contribution < 1.29 is 42.5 Å². The van der Waals surface area contributed by atoms with Gasteiger partial charge in [0.1, 0.15) is 10.1 Å². The molecule has 0 saturated carbocycles. The van der Waals surface area contributed by atoms with Crippen LogP contribution >= 0.6 is 0 Å². The predicted molar refractivity (Wildman–Crippen MR) is 54.1 cm³/mol. The number of nitrogens with zero attached hydrogens (tertiary/aromatic N) is 1. The van der Waals surface area contributed by atoms with Crippen LogP contribution in [0.1, 0.15) is 0 Å². The zero-order valence-corrected chi connectivity index (χ0v) is 11.4. The summed E-state index contributed by atoms with van der Waals surface area (Å²) in [6, 6.07) is 5.61. The van der Waals surface area contributed by atoms with E-state index in [2.05, 4.69) is 4.98 Å². The van der Waals surface area contributed by atoms with Crippen LogP contribution in [0.3, 0.4) is 0 Å². The SMILES string of the molecule is Nc1ccc(S(=O)(=O)[O-])c2cccnc12.[Na+]. The maximum absolute atomic E-state index is 10.9. The molecule has 1 heterocycles. The first-order chi connectivity index (χ1) is 7.00. The zero-order valence-electron chi connectivity index (χ0n) is 8.54. The zero-order chi connectivity index (χ0) is 11.1. The quantitative estimate of drug-likeness (QED) is 0.347. The number of hydrogen-bond donors (Lipinski definition) is 1. The Hall–Kier alpha value is -0.660. The van der Waals surface area contributed by atoms with Crippen LogP contribution < -0.4 is 35.3 Å². The molecule has 2 aromatic rings. The van der Waals surface area contributed by atoms with Gasteiger partial charge in [0, 0.05) is 11.6 Å². The summed E-state index contributed by atoms with van der Waals surface area (Å²) in [6.07, 6.45) is 1.49. The van der Waals surface area contributed by atoms with Crippen LogP contribution in [0.4, 0.5) is 5.69 Å². The summed E-state index contributed by atoms with van der Waals surface area (Å²) >= 11 is 0. The fourth-order valence-corrected chi connectivity index (χ4v) is 2.06. The van der Waals surface area contributed by atoms with Crippen molar-refractivity contribution in [2.75, 3.05) is 5.73 Å². The van der Waals surface area contributed by atoms with Crippen LogP contribution in [-0.4, -0.2) is 18.0 Å². The average molecular weight is 246 g/mol. The van der Waals surface area contributed by atoms with Gasteiger partial charge in [-0.25, -0.2) is 8.42 Å². The van der Waals surface area contributed by atoms with Crippen molar-refractivity contribution in [1.29, 1.82) is 0 Å². The van der Waals surface area contributed by atoms with Crippen molar-refractivity contribution >= 4 is 26.7 Å². The molecule has 7 heteroatoms. The molecule has 0 radical (unpaired) electrons. The number of aromatic nitrogens is 1. The van der Waals surface area contributed by atoms with Gasteiger partial charge in [-0.2, -0.15) is 0 Å². The van der Waals surface area contributed by atoms with Crippen molar-refractivity contribution in [2.45, 2.75) is 4.90 Å². The van der Waals surface area contributed by atoms with Crippen LogP contribution in [0, 0.1) is 0 Å². The third-order valence-electron chi connectivity index (χ3n) is 2.03.